The van der Waals surface area contributed by atoms with Gasteiger partial charge >= 0.3 is 0 Å². The van der Waals surface area contributed by atoms with Crippen LogP contribution in [0.5, 0.6) is 0 Å². The van der Waals surface area contributed by atoms with Crippen molar-refractivity contribution in [2.45, 2.75) is 20.3 Å². The topological polar surface area (TPSA) is 75.3 Å². The zero-order valence-corrected chi connectivity index (χ0v) is 13.1. The minimum absolute atomic E-state index is 0.0404. The van der Waals surface area contributed by atoms with Crippen LogP contribution in [0.4, 0.5) is 11.4 Å². The molecule has 0 saturated heterocycles. The minimum Gasteiger partial charge on any atom is -0.326 e. The summed E-state index contributed by atoms with van der Waals surface area (Å²) >= 11 is 5.41. The highest BCUT2D eigenvalue weighted by molar-refractivity contribution is 7.92. The summed E-state index contributed by atoms with van der Waals surface area (Å²) in [5, 5.41) is 2.75. The number of halogens is 1. The molecule has 5 nitrogen and oxygen atoms in total. The van der Waals surface area contributed by atoms with Crippen molar-refractivity contribution in [3.05, 3.63) is 24.3 Å². The van der Waals surface area contributed by atoms with Crippen LogP contribution in [-0.2, 0) is 14.8 Å². The number of benzene rings is 1. The van der Waals surface area contributed by atoms with Gasteiger partial charge in [-0.1, -0.05) is 13.8 Å². The van der Waals surface area contributed by atoms with Crippen molar-refractivity contribution < 1.29 is 13.2 Å². The van der Waals surface area contributed by atoms with Gasteiger partial charge in [0.2, 0.25) is 15.9 Å². The molecule has 20 heavy (non-hydrogen) atoms. The van der Waals surface area contributed by atoms with Crippen molar-refractivity contribution in [2.24, 2.45) is 5.92 Å². The Balaban J connectivity index is 2.63. The Morgan fingerprint density at radius 1 is 1.20 bits per heavy atom. The number of alkyl halides is 1. The van der Waals surface area contributed by atoms with Crippen molar-refractivity contribution in [3.63, 3.8) is 0 Å². The van der Waals surface area contributed by atoms with E-state index in [0.29, 0.717) is 17.8 Å². The quantitative estimate of drug-likeness (QED) is 0.759. The molecule has 0 radical (unpaired) electrons. The average Bonchev–Trinajstić information content (AvgIpc) is 2.30. The smallest absolute Gasteiger partial charge is 0.233 e. The lowest BCUT2D eigenvalue weighted by Gasteiger charge is -2.09. The van der Waals surface area contributed by atoms with E-state index in [-0.39, 0.29) is 23.5 Å². The fraction of sp³-hybridized carbons (Fsp3) is 0.462. The van der Waals surface area contributed by atoms with Crippen LogP contribution in [0, 0.1) is 5.92 Å². The van der Waals surface area contributed by atoms with Gasteiger partial charge in [-0.3, -0.25) is 9.52 Å². The van der Waals surface area contributed by atoms with Crippen LogP contribution in [-0.4, -0.2) is 26.0 Å². The fourth-order valence-electron chi connectivity index (χ4n) is 1.54. The SMILES string of the molecule is CC(C)CC(=O)Nc1ccc(NS(=O)(=O)CCCl)cc1. The van der Waals surface area contributed by atoms with Crippen LogP contribution in [0.2, 0.25) is 0 Å². The fourth-order valence-corrected chi connectivity index (χ4v) is 2.95. The molecule has 1 amide bonds. The predicted molar refractivity (Wildman–Crippen MR) is 82.7 cm³/mol. The molecule has 2 N–H and O–H groups in total. The van der Waals surface area contributed by atoms with E-state index >= 15 is 0 Å². The third-order valence-corrected chi connectivity index (χ3v) is 4.08. The molecule has 0 aliphatic carbocycles. The number of anilines is 2. The summed E-state index contributed by atoms with van der Waals surface area (Å²) in [6.07, 6.45) is 0.449. The number of hydrogen-bond donors (Lipinski definition) is 2. The molecule has 0 bridgehead atoms. The van der Waals surface area contributed by atoms with E-state index in [9.17, 15) is 13.2 Å². The van der Waals surface area contributed by atoms with Crippen LogP contribution in [0.25, 0.3) is 0 Å². The Hall–Kier alpha value is -1.27. The van der Waals surface area contributed by atoms with Crippen LogP contribution in [0.15, 0.2) is 24.3 Å². The molecule has 1 aromatic rings. The van der Waals surface area contributed by atoms with E-state index < -0.39 is 10.0 Å². The molecule has 0 atom stereocenters. The van der Waals surface area contributed by atoms with Gasteiger partial charge in [0.05, 0.1) is 5.75 Å². The standard InChI is InChI=1S/C13H19ClN2O3S/c1-10(2)9-13(17)15-11-3-5-12(6-4-11)16-20(18,19)8-7-14/h3-6,10,16H,7-9H2,1-2H3,(H,15,17). The van der Waals surface area contributed by atoms with E-state index in [1.165, 1.54) is 0 Å². The molecule has 0 aromatic heterocycles. The molecule has 0 unspecified atom stereocenters. The van der Waals surface area contributed by atoms with E-state index in [2.05, 4.69) is 10.0 Å². The molecular weight excluding hydrogens is 300 g/mol. The molecule has 1 aromatic carbocycles. The number of carbonyl (C=O) groups is 1. The highest BCUT2D eigenvalue weighted by Crippen LogP contribution is 2.15. The molecule has 0 saturated carbocycles. The molecular formula is C13H19ClN2O3S. The lowest BCUT2D eigenvalue weighted by Crippen LogP contribution is -2.17. The summed E-state index contributed by atoms with van der Waals surface area (Å²) in [5.74, 6) is 0.132. The van der Waals surface area contributed by atoms with E-state index in [1.54, 1.807) is 24.3 Å². The van der Waals surface area contributed by atoms with Crippen molar-refractivity contribution in [1.29, 1.82) is 0 Å². The predicted octanol–water partition coefficient (Wildman–Crippen LogP) is 2.65. The second kappa shape index (κ2) is 7.50. The summed E-state index contributed by atoms with van der Waals surface area (Å²) in [7, 11) is -3.41. The number of amides is 1. The van der Waals surface area contributed by atoms with Gasteiger partial charge in [0.25, 0.3) is 0 Å². The molecule has 0 fully saturated rings. The summed E-state index contributed by atoms with van der Waals surface area (Å²) in [6, 6.07) is 6.49. The highest BCUT2D eigenvalue weighted by atomic mass is 35.5. The first kappa shape index (κ1) is 16.8. The van der Waals surface area contributed by atoms with Gasteiger partial charge in [0, 0.05) is 23.7 Å². The molecule has 0 heterocycles. The number of sulfonamides is 1. The molecule has 0 aliphatic heterocycles. The first-order valence-corrected chi connectivity index (χ1v) is 8.47. The highest BCUT2D eigenvalue weighted by Gasteiger charge is 2.09. The Morgan fingerprint density at radius 2 is 1.75 bits per heavy atom. The monoisotopic (exact) mass is 318 g/mol. The minimum atomic E-state index is -3.41. The van der Waals surface area contributed by atoms with Crippen LogP contribution in [0.1, 0.15) is 20.3 Å². The normalized spacial score (nSPS) is 11.4. The van der Waals surface area contributed by atoms with Crippen molar-refractivity contribution in [3.8, 4) is 0 Å². The Kier molecular flexibility index (Phi) is 6.29. The Morgan fingerprint density at radius 3 is 2.25 bits per heavy atom. The lowest BCUT2D eigenvalue weighted by molar-refractivity contribution is -0.116. The second-order valence-electron chi connectivity index (χ2n) is 4.83. The van der Waals surface area contributed by atoms with Gasteiger partial charge < -0.3 is 5.32 Å². The zero-order chi connectivity index (χ0) is 15.2. The van der Waals surface area contributed by atoms with Gasteiger partial charge in [-0.15, -0.1) is 11.6 Å². The lowest BCUT2D eigenvalue weighted by atomic mass is 10.1. The van der Waals surface area contributed by atoms with Crippen LogP contribution in [0.3, 0.4) is 0 Å². The van der Waals surface area contributed by atoms with Crippen molar-refractivity contribution in [1.82, 2.24) is 0 Å². The van der Waals surface area contributed by atoms with Gasteiger partial charge in [-0.2, -0.15) is 0 Å². The molecule has 7 heteroatoms. The van der Waals surface area contributed by atoms with Gasteiger partial charge in [0.1, 0.15) is 0 Å². The van der Waals surface area contributed by atoms with Crippen LogP contribution < -0.4 is 10.0 Å². The molecule has 1 rings (SSSR count). The first-order chi connectivity index (χ1) is 9.32. The summed E-state index contributed by atoms with van der Waals surface area (Å²) < 4.78 is 25.4. The van der Waals surface area contributed by atoms with E-state index in [4.69, 9.17) is 11.6 Å². The van der Waals surface area contributed by atoms with Gasteiger partial charge in [-0.25, -0.2) is 8.42 Å². The molecule has 0 spiro atoms. The largest absolute Gasteiger partial charge is 0.326 e. The van der Waals surface area contributed by atoms with Crippen molar-refractivity contribution in [2.75, 3.05) is 21.7 Å². The first-order valence-electron chi connectivity index (χ1n) is 6.29. The molecule has 0 aliphatic rings. The van der Waals surface area contributed by atoms with Gasteiger partial charge in [0.15, 0.2) is 0 Å². The molecule has 112 valence electrons. The average molecular weight is 319 g/mol. The Labute approximate surface area is 124 Å². The van der Waals surface area contributed by atoms with E-state index in [1.807, 2.05) is 13.8 Å². The second-order valence-corrected chi connectivity index (χ2v) is 7.05. The third kappa shape index (κ3) is 6.25. The maximum atomic E-state index is 11.6. The third-order valence-electron chi connectivity index (χ3n) is 2.38. The summed E-state index contributed by atoms with van der Waals surface area (Å²) in [6.45, 7) is 3.93. The van der Waals surface area contributed by atoms with E-state index in [0.717, 1.165) is 0 Å². The maximum Gasteiger partial charge on any atom is 0.233 e. The van der Waals surface area contributed by atoms with Crippen molar-refractivity contribution >= 4 is 38.9 Å². The number of rotatable bonds is 7. The van der Waals surface area contributed by atoms with Gasteiger partial charge in [-0.05, 0) is 30.2 Å². The summed E-state index contributed by atoms with van der Waals surface area (Å²) in [5.41, 5.74) is 1.08. The zero-order valence-electron chi connectivity index (χ0n) is 11.5. The number of carbonyl (C=O) groups excluding carboxylic acids is 1. The summed E-state index contributed by atoms with van der Waals surface area (Å²) in [4.78, 5) is 11.6. The Bertz CT molecular complexity index is 541. The van der Waals surface area contributed by atoms with Crippen LogP contribution >= 0.6 is 11.6 Å². The number of nitrogens with one attached hydrogen (secondary N) is 2. The number of hydrogen-bond acceptors (Lipinski definition) is 3. The maximum absolute atomic E-state index is 11.6.